The standard InChI is InChI=1S/C22H24FN3O3S2/c1-13-7-8-14-17(11-13)31-20-19(14)21(28)26(16-6-4-3-5-15(16)23)22(25-20)30-12-18(27)24-9-10-29-2/h3-6,13H,7-12H2,1-2H3,(H,24,27)/t13-/m1/s1. The molecule has 0 spiro atoms. The van der Waals surface area contributed by atoms with Crippen LogP contribution in [0.4, 0.5) is 4.39 Å². The minimum atomic E-state index is -0.505. The average Bonchev–Trinajstić information content (AvgIpc) is 3.11. The zero-order valence-corrected chi connectivity index (χ0v) is 19.1. The molecule has 1 aromatic carbocycles. The number of thioether (sulfide) groups is 1. The maximum absolute atomic E-state index is 14.7. The maximum Gasteiger partial charge on any atom is 0.267 e. The first-order valence-electron chi connectivity index (χ1n) is 10.2. The van der Waals surface area contributed by atoms with Crippen LogP contribution >= 0.6 is 23.1 Å². The van der Waals surface area contributed by atoms with Crippen LogP contribution in [0.3, 0.4) is 0 Å². The van der Waals surface area contributed by atoms with Crippen molar-refractivity contribution in [1.29, 1.82) is 0 Å². The maximum atomic E-state index is 14.7. The predicted octanol–water partition coefficient (Wildman–Crippen LogP) is 3.57. The van der Waals surface area contributed by atoms with Gasteiger partial charge in [-0.1, -0.05) is 30.8 Å². The molecule has 2 heterocycles. The third-order valence-corrected chi connectivity index (χ3v) is 7.44. The Balaban J connectivity index is 1.78. The lowest BCUT2D eigenvalue weighted by Crippen LogP contribution is -2.29. The number of hydrogen-bond donors (Lipinski definition) is 1. The van der Waals surface area contributed by atoms with Crippen molar-refractivity contribution in [3.63, 3.8) is 0 Å². The Morgan fingerprint density at radius 2 is 2.23 bits per heavy atom. The third kappa shape index (κ3) is 4.53. The van der Waals surface area contributed by atoms with E-state index in [-0.39, 0.29) is 22.9 Å². The Kier molecular flexibility index (Phi) is 6.74. The minimum Gasteiger partial charge on any atom is -0.383 e. The number of para-hydroxylation sites is 1. The summed E-state index contributed by atoms with van der Waals surface area (Å²) in [5, 5.41) is 3.65. The molecule has 1 atom stereocenters. The van der Waals surface area contributed by atoms with Gasteiger partial charge in [0.05, 0.1) is 23.4 Å². The molecule has 1 aliphatic carbocycles. The highest BCUT2D eigenvalue weighted by Gasteiger charge is 2.26. The topological polar surface area (TPSA) is 73.2 Å². The molecule has 0 saturated carbocycles. The van der Waals surface area contributed by atoms with Crippen LogP contribution in [-0.4, -0.2) is 41.5 Å². The number of hydrogen-bond acceptors (Lipinski definition) is 6. The van der Waals surface area contributed by atoms with E-state index in [0.717, 1.165) is 36.6 Å². The molecule has 1 N–H and O–H groups in total. The lowest BCUT2D eigenvalue weighted by atomic mass is 9.89. The fourth-order valence-electron chi connectivity index (χ4n) is 3.79. The zero-order valence-electron chi connectivity index (χ0n) is 17.4. The molecule has 6 nitrogen and oxygen atoms in total. The molecule has 0 radical (unpaired) electrons. The number of fused-ring (bicyclic) bond motifs is 3. The van der Waals surface area contributed by atoms with Gasteiger partial charge in [-0.15, -0.1) is 11.3 Å². The molecule has 4 rings (SSSR count). The van der Waals surface area contributed by atoms with Gasteiger partial charge in [-0.05, 0) is 42.9 Å². The van der Waals surface area contributed by atoms with Crippen LogP contribution in [0.2, 0.25) is 0 Å². The summed E-state index contributed by atoms with van der Waals surface area (Å²) in [5.74, 6) is -0.0669. The first kappa shape index (κ1) is 22.0. The molecule has 31 heavy (non-hydrogen) atoms. The van der Waals surface area contributed by atoms with Crippen LogP contribution in [0.1, 0.15) is 23.8 Å². The fraction of sp³-hybridized carbons (Fsp3) is 0.409. The number of benzene rings is 1. The van der Waals surface area contributed by atoms with Crippen LogP contribution in [0.15, 0.2) is 34.2 Å². The first-order chi connectivity index (χ1) is 15.0. The van der Waals surface area contributed by atoms with Crippen molar-refractivity contribution in [2.24, 2.45) is 5.92 Å². The molecule has 0 aliphatic heterocycles. The lowest BCUT2D eigenvalue weighted by Gasteiger charge is -2.18. The highest BCUT2D eigenvalue weighted by Crippen LogP contribution is 2.37. The first-order valence-corrected chi connectivity index (χ1v) is 12.0. The molecule has 164 valence electrons. The van der Waals surface area contributed by atoms with Gasteiger partial charge < -0.3 is 10.1 Å². The van der Waals surface area contributed by atoms with Crippen LogP contribution in [-0.2, 0) is 22.4 Å². The summed E-state index contributed by atoms with van der Waals surface area (Å²) in [6.45, 7) is 3.03. The molecule has 1 amide bonds. The Labute approximate surface area is 187 Å². The highest BCUT2D eigenvalue weighted by molar-refractivity contribution is 7.99. The summed E-state index contributed by atoms with van der Waals surface area (Å²) >= 11 is 2.67. The van der Waals surface area contributed by atoms with Crippen molar-refractivity contribution in [1.82, 2.24) is 14.9 Å². The Hall–Kier alpha value is -2.23. The monoisotopic (exact) mass is 461 g/mol. The van der Waals surface area contributed by atoms with E-state index in [1.54, 1.807) is 36.6 Å². The molecule has 3 aromatic rings. The van der Waals surface area contributed by atoms with Gasteiger partial charge in [-0.3, -0.25) is 14.2 Å². The number of nitrogens with zero attached hydrogens (tertiary/aromatic N) is 2. The van der Waals surface area contributed by atoms with E-state index in [0.29, 0.717) is 34.4 Å². The van der Waals surface area contributed by atoms with E-state index in [2.05, 4.69) is 12.2 Å². The van der Waals surface area contributed by atoms with Gasteiger partial charge in [0.1, 0.15) is 10.6 Å². The number of nitrogens with one attached hydrogen (secondary N) is 1. The number of carbonyl (C=O) groups excluding carboxylic acids is 1. The Morgan fingerprint density at radius 3 is 3.00 bits per heavy atom. The van der Waals surface area contributed by atoms with Crippen LogP contribution in [0.25, 0.3) is 15.9 Å². The summed E-state index contributed by atoms with van der Waals surface area (Å²) < 4.78 is 20.9. The second-order valence-corrected chi connectivity index (χ2v) is 9.68. The van der Waals surface area contributed by atoms with Gasteiger partial charge in [0.15, 0.2) is 5.16 Å². The van der Waals surface area contributed by atoms with Gasteiger partial charge >= 0.3 is 0 Å². The summed E-state index contributed by atoms with van der Waals surface area (Å²) in [7, 11) is 1.56. The van der Waals surface area contributed by atoms with Crippen LogP contribution in [0.5, 0.6) is 0 Å². The van der Waals surface area contributed by atoms with Crippen LogP contribution < -0.4 is 10.9 Å². The second kappa shape index (κ2) is 9.50. The van der Waals surface area contributed by atoms with E-state index >= 15 is 0 Å². The van der Waals surface area contributed by atoms with Crippen molar-refractivity contribution >= 4 is 39.2 Å². The molecule has 0 saturated heterocycles. The van der Waals surface area contributed by atoms with E-state index in [1.165, 1.54) is 15.5 Å². The quantitative estimate of drug-likeness (QED) is 0.331. The number of amides is 1. The third-order valence-electron chi connectivity index (χ3n) is 5.35. The van der Waals surface area contributed by atoms with Gasteiger partial charge in [-0.25, -0.2) is 9.37 Å². The van der Waals surface area contributed by atoms with E-state index < -0.39 is 5.82 Å². The number of thiophene rings is 1. The molecular weight excluding hydrogens is 437 g/mol. The number of halogens is 1. The number of aryl methyl sites for hydroxylation is 1. The van der Waals surface area contributed by atoms with Crippen LogP contribution in [0, 0.1) is 11.7 Å². The number of methoxy groups -OCH3 is 1. The summed E-state index contributed by atoms with van der Waals surface area (Å²) in [5.41, 5.74) is 0.923. The number of rotatable bonds is 7. The number of aromatic nitrogens is 2. The van der Waals surface area contributed by atoms with Crippen molar-refractivity contribution in [2.75, 3.05) is 26.0 Å². The molecule has 9 heteroatoms. The smallest absolute Gasteiger partial charge is 0.267 e. The van der Waals surface area contributed by atoms with Crippen molar-refractivity contribution in [2.45, 2.75) is 31.3 Å². The van der Waals surface area contributed by atoms with Gasteiger partial charge in [0.2, 0.25) is 5.91 Å². The van der Waals surface area contributed by atoms with Gasteiger partial charge in [0, 0.05) is 18.5 Å². The SMILES string of the molecule is COCCNC(=O)CSc1nc2sc3c(c2c(=O)n1-c1ccccc1F)CC[C@@H](C)C3. The highest BCUT2D eigenvalue weighted by atomic mass is 32.2. The summed E-state index contributed by atoms with van der Waals surface area (Å²) in [6.07, 6.45) is 2.79. The van der Waals surface area contributed by atoms with E-state index in [9.17, 15) is 14.0 Å². The number of carbonyl (C=O) groups is 1. The van der Waals surface area contributed by atoms with Gasteiger partial charge in [-0.2, -0.15) is 0 Å². The molecule has 0 fully saturated rings. The van der Waals surface area contributed by atoms with E-state index in [4.69, 9.17) is 9.72 Å². The normalized spacial score (nSPS) is 15.8. The Morgan fingerprint density at radius 1 is 1.42 bits per heavy atom. The molecule has 1 aliphatic rings. The fourth-order valence-corrected chi connectivity index (χ4v) is 6.05. The largest absolute Gasteiger partial charge is 0.383 e. The minimum absolute atomic E-state index is 0.0677. The summed E-state index contributed by atoms with van der Waals surface area (Å²) in [6, 6.07) is 6.15. The second-order valence-electron chi connectivity index (χ2n) is 7.65. The van der Waals surface area contributed by atoms with Gasteiger partial charge in [0.25, 0.3) is 5.56 Å². The molecule has 0 bridgehead atoms. The van der Waals surface area contributed by atoms with Crippen molar-refractivity contribution in [3.8, 4) is 5.69 Å². The molecular formula is C22H24FN3O3S2. The zero-order chi connectivity index (χ0) is 22.0. The lowest BCUT2D eigenvalue weighted by molar-refractivity contribution is -0.118. The summed E-state index contributed by atoms with van der Waals surface area (Å²) in [4.78, 5) is 32.4. The predicted molar refractivity (Wildman–Crippen MR) is 122 cm³/mol. The van der Waals surface area contributed by atoms with Crippen molar-refractivity contribution < 1.29 is 13.9 Å². The average molecular weight is 462 g/mol. The molecule has 0 unspecified atom stereocenters. The van der Waals surface area contributed by atoms with E-state index in [1.807, 2.05) is 0 Å². The Bertz CT molecular complexity index is 1170. The number of ether oxygens (including phenoxy) is 1. The molecule has 2 aromatic heterocycles. The van der Waals surface area contributed by atoms with Crippen molar-refractivity contribution in [3.05, 3.63) is 50.9 Å².